The third-order valence-corrected chi connectivity index (χ3v) is 9.40. The van der Waals surface area contributed by atoms with Crippen molar-refractivity contribution in [2.45, 2.75) is 19.3 Å². The van der Waals surface area contributed by atoms with E-state index in [1.54, 1.807) is 0 Å². The highest BCUT2D eigenvalue weighted by atomic mass is 16.3. The number of nitrogens with zero attached hydrogens (tertiary/aromatic N) is 1. The van der Waals surface area contributed by atoms with Crippen LogP contribution >= 0.6 is 0 Å². The summed E-state index contributed by atoms with van der Waals surface area (Å²) in [4.78, 5) is 2.41. The van der Waals surface area contributed by atoms with Gasteiger partial charge >= 0.3 is 0 Å². The average molecular weight is 552 g/mol. The zero-order chi connectivity index (χ0) is 28.7. The first-order valence-electron chi connectivity index (χ1n) is 14.9. The molecule has 204 valence electrons. The fourth-order valence-electron chi connectivity index (χ4n) is 7.24. The van der Waals surface area contributed by atoms with Crippen molar-refractivity contribution >= 4 is 60.5 Å². The second kappa shape index (κ2) is 8.83. The predicted octanol–water partition coefficient (Wildman–Crippen LogP) is 11.7. The SMILES string of the molecule is CC1(C)c2cc3ccccc3cc2-c2c(N(c3ccc4ccccc4c3)c3ccc4c(c3)oc3ccccc34)cccc21. The fraction of sp³-hybridized carbons (Fsp3) is 0.0732. The molecule has 7 aromatic carbocycles. The van der Waals surface area contributed by atoms with E-state index < -0.39 is 0 Å². The van der Waals surface area contributed by atoms with Crippen LogP contribution in [0.5, 0.6) is 0 Å². The molecule has 9 rings (SSSR count). The molecule has 1 aliphatic rings. The summed E-state index contributed by atoms with van der Waals surface area (Å²) < 4.78 is 6.39. The van der Waals surface area contributed by atoms with Crippen LogP contribution in [0.1, 0.15) is 25.0 Å². The summed E-state index contributed by atoms with van der Waals surface area (Å²) >= 11 is 0. The monoisotopic (exact) mass is 551 g/mol. The first-order valence-corrected chi connectivity index (χ1v) is 14.9. The van der Waals surface area contributed by atoms with Gasteiger partial charge in [0, 0.05) is 39.2 Å². The molecular formula is C41H29NO. The van der Waals surface area contributed by atoms with Gasteiger partial charge in [-0.3, -0.25) is 0 Å². The van der Waals surface area contributed by atoms with Crippen molar-refractivity contribution in [3.8, 4) is 11.1 Å². The summed E-state index contributed by atoms with van der Waals surface area (Å²) in [6.45, 7) is 4.72. The lowest BCUT2D eigenvalue weighted by molar-refractivity contribution is 0.661. The molecule has 0 spiro atoms. The number of rotatable bonds is 3. The lowest BCUT2D eigenvalue weighted by Crippen LogP contribution is -2.16. The van der Waals surface area contributed by atoms with E-state index in [-0.39, 0.29) is 5.41 Å². The zero-order valence-corrected chi connectivity index (χ0v) is 24.1. The number of benzene rings is 7. The Bertz CT molecular complexity index is 2390. The number of furan rings is 1. The van der Waals surface area contributed by atoms with Crippen molar-refractivity contribution < 1.29 is 4.42 Å². The maximum atomic E-state index is 6.39. The van der Waals surface area contributed by atoms with Gasteiger partial charge in [0.25, 0.3) is 0 Å². The molecule has 0 N–H and O–H groups in total. The van der Waals surface area contributed by atoms with E-state index in [1.807, 2.05) is 12.1 Å². The van der Waals surface area contributed by atoms with Crippen LogP contribution in [-0.4, -0.2) is 0 Å². The summed E-state index contributed by atoms with van der Waals surface area (Å²) in [5, 5.41) is 7.27. The third-order valence-electron chi connectivity index (χ3n) is 9.40. The Morgan fingerprint density at radius 2 is 1.14 bits per heavy atom. The minimum absolute atomic E-state index is 0.123. The molecule has 0 saturated carbocycles. The van der Waals surface area contributed by atoms with Gasteiger partial charge in [0.15, 0.2) is 0 Å². The third kappa shape index (κ3) is 3.53. The van der Waals surface area contributed by atoms with E-state index in [4.69, 9.17) is 4.42 Å². The van der Waals surface area contributed by atoms with E-state index in [2.05, 4.69) is 146 Å². The predicted molar refractivity (Wildman–Crippen MR) is 181 cm³/mol. The second-order valence-electron chi connectivity index (χ2n) is 12.2. The second-order valence-corrected chi connectivity index (χ2v) is 12.2. The van der Waals surface area contributed by atoms with Gasteiger partial charge in [0.05, 0.1) is 5.69 Å². The van der Waals surface area contributed by atoms with E-state index in [0.29, 0.717) is 0 Å². The van der Waals surface area contributed by atoms with Crippen molar-refractivity contribution in [3.05, 3.63) is 151 Å². The lowest BCUT2D eigenvalue weighted by Gasteiger charge is -2.29. The van der Waals surface area contributed by atoms with Crippen molar-refractivity contribution in [2.75, 3.05) is 4.90 Å². The Morgan fingerprint density at radius 3 is 1.98 bits per heavy atom. The maximum Gasteiger partial charge on any atom is 0.137 e. The Labute approximate surface area is 250 Å². The topological polar surface area (TPSA) is 16.4 Å². The minimum Gasteiger partial charge on any atom is -0.456 e. The van der Waals surface area contributed by atoms with Gasteiger partial charge < -0.3 is 9.32 Å². The van der Waals surface area contributed by atoms with Gasteiger partial charge in [0.1, 0.15) is 11.2 Å². The van der Waals surface area contributed by atoms with Crippen LogP contribution in [0.3, 0.4) is 0 Å². The van der Waals surface area contributed by atoms with Gasteiger partial charge in [0.2, 0.25) is 0 Å². The molecule has 1 aromatic heterocycles. The molecule has 8 aromatic rings. The highest BCUT2D eigenvalue weighted by molar-refractivity contribution is 6.07. The Balaban J connectivity index is 1.34. The normalized spacial score (nSPS) is 13.5. The van der Waals surface area contributed by atoms with Gasteiger partial charge in [-0.2, -0.15) is 0 Å². The number of fused-ring (bicyclic) bond motifs is 8. The summed E-state index contributed by atoms with van der Waals surface area (Å²) in [7, 11) is 0. The Hall–Kier alpha value is -5.34. The molecule has 0 unspecified atom stereocenters. The van der Waals surface area contributed by atoms with Crippen molar-refractivity contribution in [1.82, 2.24) is 0 Å². The molecule has 0 atom stereocenters. The number of hydrogen-bond acceptors (Lipinski definition) is 2. The highest BCUT2D eigenvalue weighted by Gasteiger charge is 2.38. The average Bonchev–Trinajstić information content (AvgIpc) is 3.52. The molecule has 0 saturated heterocycles. The summed E-state index contributed by atoms with van der Waals surface area (Å²) in [6, 6.07) is 50.6. The first kappa shape index (κ1) is 24.3. The molecule has 1 heterocycles. The highest BCUT2D eigenvalue weighted by Crippen LogP contribution is 2.55. The molecule has 43 heavy (non-hydrogen) atoms. The first-order chi connectivity index (χ1) is 21.1. The van der Waals surface area contributed by atoms with Gasteiger partial charge in [-0.05, 0) is 86.8 Å². The van der Waals surface area contributed by atoms with E-state index in [0.717, 1.165) is 33.3 Å². The maximum absolute atomic E-state index is 6.39. The molecular weight excluding hydrogens is 522 g/mol. The summed E-state index contributed by atoms with van der Waals surface area (Å²) in [6.07, 6.45) is 0. The lowest BCUT2D eigenvalue weighted by atomic mass is 9.82. The Kier molecular flexibility index (Phi) is 4.99. The molecule has 0 fully saturated rings. The van der Waals surface area contributed by atoms with Crippen LogP contribution in [0.25, 0.3) is 54.6 Å². The molecule has 0 amide bonds. The number of para-hydroxylation sites is 1. The molecule has 0 aliphatic heterocycles. The van der Waals surface area contributed by atoms with Crippen LogP contribution in [0, 0.1) is 0 Å². The van der Waals surface area contributed by atoms with Crippen LogP contribution in [-0.2, 0) is 5.41 Å². The molecule has 2 nitrogen and oxygen atoms in total. The van der Waals surface area contributed by atoms with Gasteiger partial charge in [-0.1, -0.05) is 98.8 Å². The van der Waals surface area contributed by atoms with Crippen molar-refractivity contribution in [2.24, 2.45) is 0 Å². The number of hydrogen-bond donors (Lipinski definition) is 0. The quantitative estimate of drug-likeness (QED) is 0.217. The van der Waals surface area contributed by atoms with E-state index >= 15 is 0 Å². The smallest absolute Gasteiger partial charge is 0.137 e. The minimum atomic E-state index is -0.123. The van der Waals surface area contributed by atoms with Crippen molar-refractivity contribution in [3.63, 3.8) is 0 Å². The summed E-state index contributed by atoms with van der Waals surface area (Å²) in [5.41, 5.74) is 10.4. The molecule has 0 radical (unpaired) electrons. The summed E-state index contributed by atoms with van der Waals surface area (Å²) in [5.74, 6) is 0. The van der Waals surface area contributed by atoms with E-state index in [1.165, 1.54) is 49.5 Å². The largest absolute Gasteiger partial charge is 0.456 e. The number of anilines is 3. The van der Waals surface area contributed by atoms with Crippen molar-refractivity contribution in [1.29, 1.82) is 0 Å². The van der Waals surface area contributed by atoms with Gasteiger partial charge in [-0.15, -0.1) is 0 Å². The zero-order valence-electron chi connectivity index (χ0n) is 24.1. The molecule has 1 aliphatic carbocycles. The van der Waals surface area contributed by atoms with Gasteiger partial charge in [-0.25, -0.2) is 0 Å². The Morgan fingerprint density at radius 1 is 0.488 bits per heavy atom. The molecule has 2 heteroatoms. The van der Waals surface area contributed by atoms with E-state index in [9.17, 15) is 0 Å². The fourth-order valence-corrected chi connectivity index (χ4v) is 7.24. The standard InChI is InChI=1S/C41H29NO/c1-41(2)35-15-9-16-37(40(35)34-23-28-12-5-6-13-29(28)24-36(34)41)42(30-19-18-26-10-3-4-11-27(26)22-30)31-20-21-33-32-14-7-8-17-38(32)43-39(33)25-31/h3-25H,1-2H3. The van der Waals surface area contributed by atoms with Crippen LogP contribution < -0.4 is 4.90 Å². The molecule has 0 bridgehead atoms. The van der Waals surface area contributed by atoms with Crippen LogP contribution in [0.2, 0.25) is 0 Å². The van der Waals surface area contributed by atoms with Crippen LogP contribution in [0.4, 0.5) is 17.1 Å². The van der Waals surface area contributed by atoms with Crippen LogP contribution in [0.15, 0.2) is 144 Å².